The van der Waals surface area contributed by atoms with Gasteiger partial charge in [-0.2, -0.15) is 0 Å². The number of ether oxygens (including phenoxy) is 3. The van der Waals surface area contributed by atoms with Crippen LogP contribution in [0.1, 0.15) is 35.7 Å². The van der Waals surface area contributed by atoms with Crippen molar-refractivity contribution in [2.24, 2.45) is 0 Å². The summed E-state index contributed by atoms with van der Waals surface area (Å²) in [6, 6.07) is 12.8. The molecule has 5 heteroatoms. The second kappa shape index (κ2) is 9.57. The SMILES string of the molecule is CCCCOc1ccc(C(=O)NCc2ccccc2OC)cc1OC. The molecule has 2 aromatic rings. The van der Waals surface area contributed by atoms with Crippen molar-refractivity contribution >= 4 is 5.91 Å². The molecule has 2 rings (SSSR count). The van der Waals surface area contributed by atoms with Crippen molar-refractivity contribution in [3.8, 4) is 17.2 Å². The average molecular weight is 343 g/mol. The summed E-state index contributed by atoms with van der Waals surface area (Å²) in [5, 5.41) is 2.90. The number of nitrogens with one attached hydrogen (secondary N) is 1. The number of amides is 1. The van der Waals surface area contributed by atoms with E-state index in [4.69, 9.17) is 14.2 Å². The average Bonchev–Trinajstić information content (AvgIpc) is 2.66. The maximum absolute atomic E-state index is 12.4. The summed E-state index contributed by atoms with van der Waals surface area (Å²) in [5.74, 6) is 1.78. The van der Waals surface area contributed by atoms with Gasteiger partial charge in [-0.05, 0) is 30.7 Å². The van der Waals surface area contributed by atoms with Crippen LogP contribution in [-0.4, -0.2) is 26.7 Å². The number of methoxy groups -OCH3 is 2. The van der Waals surface area contributed by atoms with E-state index in [1.807, 2.05) is 24.3 Å². The van der Waals surface area contributed by atoms with Gasteiger partial charge in [-0.25, -0.2) is 0 Å². The molecule has 0 saturated heterocycles. The van der Waals surface area contributed by atoms with E-state index in [-0.39, 0.29) is 5.91 Å². The van der Waals surface area contributed by atoms with E-state index in [1.54, 1.807) is 32.4 Å². The van der Waals surface area contributed by atoms with Crippen LogP contribution in [0, 0.1) is 0 Å². The minimum atomic E-state index is -0.177. The first-order valence-corrected chi connectivity index (χ1v) is 8.40. The lowest BCUT2D eigenvalue weighted by Gasteiger charge is -2.13. The quantitative estimate of drug-likeness (QED) is 0.704. The topological polar surface area (TPSA) is 56.8 Å². The first-order valence-electron chi connectivity index (χ1n) is 8.40. The van der Waals surface area contributed by atoms with Crippen LogP contribution in [0.5, 0.6) is 17.2 Å². The highest BCUT2D eigenvalue weighted by Gasteiger charge is 2.12. The number of carbonyl (C=O) groups excluding carboxylic acids is 1. The Hall–Kier alpha value is -2.69. The molecular weight excluding hydrogens is 318 g/mol. The maximum Gasteiger partial charge on any atom is 0.251 e. The number of benzene rings is 2. The van der Waals surface area contributed by atoms with E-state index in [2.05, 4.69) is 12.2 Å². The molecule has 0 unspecified atom stereocenters. The van der Waals surface area contributed by atoms with Crippen LogP contribution in [-0.2, 0) is 6.54 Å². The lowest BCUT2D eigenvalue weighted by Crippen LogP contribution is -2.23. The van der Waals surface area contributed by atoms with Crippen LogP contribution in [0.15, 0.2) is 42.5 Å². The van der Waals surface area contributed by atoms with E-state index < -0.39 is 0 Å². The number of hydrogen-bond donors (Lipinski definition) is 1. The number of hydrogen-bond acceptors (Lipinski definition) is 4. The molecule has 0 spiro atoms. The summed E-state index contributed by atoms with van der Waals surface area (Å²) in [7, 11) is 3.18. The van der Waals surface area contributed by atoms with Crippen molar-refractivity contribution in [2.75, 3.05) is 20.8 Å². The van der Waals surface area contributed by atoms with E-state index >= 15 is 0 Å². The fourth-order valence-corrected chi connectivity index (χ4v) is 2.38. The molecule has 1 N–H and O–H groups in total. The van der Waals surface area contributed by atoms with Gasteiger partial charge in [0, 0.05) is 17.7 Å². The lowest BCUT2D eigenvalue weighted by atomic mass is 10.1. The molecule has 5 nitrogen and oxygen atoms in total. The minimum Gasteiger partial charge on any atom is -0.496 e. The van der Waals surface area contributed by atoms with Gasteiger partial charge in [0.2, 0.25) is 0 Å². The Bertz CT molecular complexity index is 700. The second-order valence-corrected chi connectivity index (χ2v) is 5.56. The van der Waals surface area contributed by atoms with Crippen LogP contribution in [0.25, 0.3) is 0 Å². The van der Waals surface area contributed by atoms with Gasteiger partial charge in [-0.15, -0.1) is 0 Å². The molecule has 134 valence electrons. The summed E-state index contributed by atoms with van der Waals surface area (Å²) < 4.78 is 16.3. The molecule has 0 heterocycles. The van der Waals surface area contributed by atoms with Gasteiger partial charge in [0.25, 0.3) is 5.91 Å². The molecule has 2 aromatic carbocycles. The largest absolute Gasteiger partial charge is 0.496 e. The summed E-state index contributed by atoms with van der Waals surface area (Å²) in [6.45, 7) is 3.13. The Morgan fingerprint density at radius 2 is 1.76 bits per heavy atom. The van der Waals surface area contributed by atoms with Gasteiger partial charge >= 0.3 is 0 Å². The first-order chi connectivity index (χ1) is 12.2. The van der Waals surface area contributed by atoms with Crippen LogP contribution in [0.4, 0.5) is 0 Å². The van der Waals surface area contributed by atoms with E-state index in [0.29, 0.717) is 30.2 Å². The van der Waals surface area contributed by atoms with Gasteiger partial charge in [-0.1, -0.05) is 31.5 Å². The predicted octanol–water partition coefficient (Wildman–Crippen LogP) is 3.81. The molecule has 0 aliphatic rings. The van der Waals surface area contributed by atoms with Crippen molar-refractivity contribution in [3.05, 3.63) is 53.6 Å². The summed E-state index contributed by atoms with van der Waals surface area (Å²) in [5.41, 5.74) is 1.44. The zero-order valence-corrected chi connectivity index (χ0v) is 15.0. The monoisotopic (exact) mass is 343 g/mol. The fourth-order valence-electron chi connectivity index (χ4n) is 2.38. The highest BCUT2D eigenvalue weighted by molar-refractivity contribution is 5.94. The number of para-hydroxylation sites is 1. The summed E-state index contributed by atoms with van der Waals surface area (Å²) >= 11 is 0. The number of carbonyl (C=O) groups is 1. The third-order valence-corrected chi connectivity index (χ3v) is 3.81. The smallest absolute Gasteiger partial charge is 0.251 e. The second-order valence-electron chi connectivity index (χ2n) is 5.56. The van der Waals surface area contributed by atoms with Gasteiger partial charge < -0.3 is 19.5 Å². The Balaban J connectivity index is 2.03. The highest BCUT2D eigenvalue weighted by atomic mass is 16.5. The minimum absolute atomic E-state index is 0.177. The number of unbranched alkanes of at least 4 members (excludes halogenated alkanes) is 1. The number of rotatable bonds is 9. The zero-order chi connectivity index (χ0) is 18.1. The molecule has 0 bridgehead atoms. The molecular formula is C20H25NO4. The molecule has 0 atom stereocenters. The summed E-state index contributed by atoms with van der Waals surface area (Å²) in [6.07, 6.45) is 2.04. The lowest BCUT2D eigenvalue weighted by molar-refractivity contribution is 0.0950. The van der Waals surface area contributed by atoms with Crippen LogP contribution in [0.3, 0.4) is 0 Å². The first kappa shape index (κ1) is 18.6. The predicted molar refractivity (Wildman–Crippen MR) is 97.6 cm³/mol. The van der Waals surface area contributed by atoms with Gasteiger partial charge in [0.15, 0.2) is 11.5 Å². The van der Waals surface area contributed by atoms with Crippen molar-refractivity contribution in [3.63, 3.8) is 0 Å². The van der Waals surface area contributed by atoms with Crippen molar-refractivity contribution < 1.29 is 19.0 Å². The van der Waals surface area contributed by atoms with Crippen molar-refractivity contribution in [1.82, 2.24) is 5.32 Å². The molecule has 0 aliphatic heterocycles. The maximum atomic E-state index is 12.4. The van der Waals surface area contributed by atoms with Crippen molar-refractivity contribution in [2.45, 2.75) is 26.3 Å². The molecule has 1 amide bonds. The molecule has 0 saturated carbocycles. The molecule has 0 radical (unpaired) electrons. The Morgan fingerprint density at radius 1 is 1.00 bits per heavy atom. The molecule has 25 heavy (non-hydrogen) atoms. The highest BCUT2D eigenvalue weighted by Crippen LogP contribution is 2.28. The molecule has 0 aliphatic carbocycles. The van der Waals surface area contributed by atoms with E-state index in [0.717, 1.165) is 24.2 Å². The molecule has 0 aromatic heterocycles. The normalized spacial score (nSPS) is 10.2. The Kier molecular flexibility index (Phi) is 7.14. The third kappa shape index (κ3) is 5.14. The van der Waals surface area contributed by atoms with Crippen molar-refractivity contribution in [1.29, 1.82) is 0 Å². The Morgan fingerprint density at radius 3 is 2.48 bits per heavy atom. The Labute approximate surface area is 148 Å². The summed E-state index contributed by atoms with van der Waals surface area (Å²) in [4.78, 5) is 12.4. The van der Waals surface area contributed by atoms with Gasteiger partial charge in [0.05, 0.1) is 20.8 Å². The molecule has 0 fully saturated rings. The van der Waals surface area contributed by atoms with Crippen LogP contribution in [0.2, 0.25) is 0 Å². The van der Waals surface area contributed by atoms with Crippen LogP contribution >= 0.6 is 0 Å². The van der Waals surface area contributed by atoms with Crippen LogP contribution < -0.4 is 19.5 Å². The van der Waals surface area contributed by atoms with Gasteiger partial charge in [0.1, 0.15) is 5.75 Å². The third-order valence-electron chi connectivity index (χ3n) is 3.81. The fraction of sp³-hybridized carbons (Fsp3) is 0.350. The van der Waals surface area contributed by atoms with E-state index in [9.17, 15) is 4.79 Å². The van der Waals surface area contributed by atoms with Gasteiger partial charge in [-0.3, -0.25) is 4.79 Å². The standard InChI is InChI=1S/C20H25NO4/c1-4-5-12-25-18-11-10-15(13-19(18)24-3)20(22)21-14-16-8-6-7-9-17(16)23-2/h6-11,13H,4-5,12,14H2,1-3H3,(H,21,22). The zero-order valence-electron chi connectivity index (χ0n) is 15.0. The van der Waals surface area contributed by atoms with E-state index in [1.165, 1.54) is 0 Å².